The van der Waals surface area contributed by atoms with Gasteiger partial charge in [0.05, 0.1) is 6.26 Å². The van der Waals surface area contributed by atoms with Crippen LogP contribution in [0.3, 0.4) is 0 Å². The van der Waals surface area contributed by atoms with Gasteiger partial charge in [0.1, 0.15) is 11.6 Å². The Balaban J connectivity index is 1.99. The van der Waals surface area contributed by atoms with E-state index in [0.29, 0.717) is 0 Å². The standard InChI is InChI=1S/C16H17FO/c1-2-11-3-8-16-14(9-11)15(10-18-16)12-4-6-13(17)7-5-12/h4-7,10-11H,2-3,8-9H2,1H3. The number of halogens is 1. The van der Waals surface area contributed by atoms with E-state index in [1.54, 1.807) is 0 Å². The lowest BCUT2D eigenvalue weighted by Gasteiger charge is -2.20. The van der Waals surface area contributed by atoms with E-state index in [9.17, 15) is 4.39 Å². The first kappa shape index (κ1) is 11.5. The van der Waals surface area contributed by atoms with Crippen LogP contribution in [-0.2, 0) is 12.8 Å². The molecule has 1 atom stereocenters. The number of hydrogen-bond donors (Lipinski definition) is 0. The molecule has 2 heteroatoms. The number of hydrogen-bond acceptors (Lipinski definition) is 1. The van der Waals surface area contributed by atoms with Gasteiger partial charge >= 0.3 is 0 Å². The fraction of sp³-hybridized carbons (Fsp3) is 0.375. The lowest BCUT2D eigenvalue weighted by Crippen LogP contribution is -2.12. The number of benzene rings is 1. The molecule has 94 valence electrons. The second-order valence-corrected chi connectivity index (χ2v) is 5.08. The molecule has 1 aliphatic rings. The Morgan fingerprint density at radius 3 is 2.78 bits per heavy atom. The van der Waals surface area contributed by atoms with Gasteiger partial charge in [-0.3, -0.25) is 0 Å². The molecule has 0 fully saturated rings. The van der Waals surface area contributed by atoms with Crippen LogP contribution in [0.4, 0.5) is 4.39 Å². The molecule has 0 N–H and O–H groups in total. The Morgan fingerprint density at radius 1 is 1.28 bits per heavy atom. The summed E-state index contributed by atoms with van der Waals surface area (Å²) in [7, 11) is 0. The van der Waals surface area contributed by atoms with E-state index in [4.69, 9.17) is 4.42 Å². The van der Waals surface area contributed by atoms with Crippen molar-refractivity contribution in [2.75, 3.05) is 0 Å². The lowest BCUT2D eigenvalue weighted by atomic mass is 9.84. The number of rotatable bonds is 2. The fourth-order valence-electron chi connectivity index (χ4n) is 2.80. The van der Waals surface area contributed by atoms with Crippen LogP contribution in [0.5, 0.6) is 0 Å². The first-order chi connectivity index (χ1) is 8.78. The molecule has 1 aromatic heterocycles. The first-order valence-corrected chi connectivity index (χ1v) is 6.63. The third kappa shape index (κ3) is 1.96. The van der Waals surface area contributed by atoms with Crippen LogP contribution in [-0.4, -0.2) is 0 Å². The highest BCUT2D eigenvalue weighted by molar-refractivity contribution is 5.67. The summed E-state index contributed by atoms with van der Waals surface area (Å²) < 4.78 is 18.6. The summed E-state index contributed by atoms with van der Waals surface area (Å²) in [6.07, 6.45) is 6.40. The molecule has 3 rings (SSSR count). The first-order valence-electron chi connectivity index (χ1n) is 6.63. The van der Waals surface area contributed by atoms with Gasteiger partial charge in [0.25, 0.3) is 0 Å². The van der Waals surface area contributed by atoms with Gasteiger partial charge in [0.2, 0.25) is 0 Å². The zero-order chi connectivity index (χ0) is 12.5. The van der Waals surface area contributed by atoms with Crippen molar-refractivity contribution in [2.24, 2.45) is 5.92 Å². The minimum absolute atomic E-state index is 0.192. The van der Waals surface area contributed by atoms with Crippen LogP contribution in [0.2, 0.25) is 0 Å². The summed E-state index contributed by atoms with van der Waals surface area (Å²) in [6, 6.07) is 6.68. The van der Waals surface area contributed by atoms with Gasteiger partial charge in [0, 0.05) is 17.5 Å². The Morgan fingerprint density at radius 2 is 2.06 bits per heavy atom. The second kappa shape index (κ2) is 4.60. The topological polar surface area (TPSA) is 13.1 Å². The van der Waals surface area contributed by atoms with Gasteiger partial charge in [0.15, 0.2) is 0 Å². The van der Waals surface area contributed by atoms with Crippen molar-refractivity contribution in [1.29, 1.82) is 0 Å². The molecule has 0 amide bonds. The molecule has 0 saturated heterocycles. The normalized spacial score (nSPS) is 18.7. The molecular weight excluding hydrogens is 227 g/mol. The Kier molecular flexibility index (Phi) is 2.94. The number of aryl methyl sites for hydroxylation is 1. The molecule has 0 bridgehead atoms. The van der Waals surface area contributed by atoms with Crippen molar-refractivity contribution in [2.45, 2.75) is 32.6 Å². The Hall–Kier alpha value is -1.57. The maximum Gasteiger partial charge on any atom is 0.123 e. The zero-order valence-electron chi connectivity index (χ0n) is 10.6. The van der Waals surface area contributed by atoms with E-state index in [0.717, 1.165) is 35.6 Å². The Labute approximate surface area is 107 Å². The summed E-state index contributed by atoms with van der Waals surface area (Å²) in [6.45, 7) is 2.24. The van der Waals surface area contributed by atoms with Crippen molar-refractivity contribution in [3.8, 4) is 11.1 Å². The molecule has 0 aliphatic heterocycles. The van der Waals surface area contributed by atoms with Crippen molar-refractivity contribution < 1.29 is 8.81 Å². The van der Waals surface area contributed by atoms with Crippen LogP contribution >= 0.6 is 0 Å². The highest BCUT2D eigenvalue weighted by Gasteiger charge is 2.23. The van der Waals surface area contributed by atoms with Gasteiger partial charge < -0.3 is 4.42 Å². The average molecular weight is 244 g/mol. The molecular formula is C16H17FO. The van der Waals surface area contributed by atoms with Crippen molar-refractivity contribution in [3.63, 3.8) is 0 Å². The van der Waals surface area contributed by atoms with E-state index < -0.39 is 0 Å². The molecule has 0 saturated carbocycles. The maximum atomic E-state index is 13.0. The highest BCUT2D eigenvalue weighted by atomic mass is 19.1. The van der Waals surface area contributed by atoms with E-state index in [2.05, 4.69) is 6.92 Å². The van der Waals surface area contributed by atoms with E-state index in [1.165, 1.54) is 30.5 Å². The lowest BCUT2D eigenvalue weighted by molar-refractivity contribution is 0.396. The van der Waals surface area contributed by atoms with E-state index in [-0.39, 0.29) is 5.82 Å². The predicted molar refractivity (Wildman–Crippen MR) is 69.9 cm³/mol. The molecule has 18 heavy (non-hydrogen) atoms. The van der Waals surface area contributed by atoms with Gasteiger partial charge in [-0.05, 0) is 36.5 Å². The quantitative estimate of drug-likeness (QED) is 0.752. The zero-order valence-corrected chi connectivity index (χ0v) is 10.6. The maximum absolute atomic E-state index is 13.0. The molecule has 1 heterocycles. The van der Waals surface area contributed by atoms with Crippen molar-refractivity contribution in [3.05, 3.63) is 47.7 Å². The summed E-state index contributed by atoms with van der Waals surface area (Å²) >= 11 is 0. The predicted octanol–water partition coefficient (Wildman–Crippen LogP) is 4.60. The third-order valence-electron chi connectivity index (χ3n) is 3.99. The smallest absolute Gasteiger partial charge is 0.123 e. The largest absolute Gasteiger partial charge is 0.468 e. The molecule has 1 unspecified atom stereocenters. The Bertz CT molecular complexity index is 539. The monoisotopic (exact) mass is 244 g/mol. The number of fused-ring (bicyclic) bond motifs is 1. The highest BCUT2D eigenvalue weighted by Crippen LogP contribution is 2.36. The van der Waals surface area contributed by atoms with Crippen LogP contribution in [0, 0.1) is 11.7 Å². The van der Waals surface area contributed by atoms with Gasteiger partial charge in [-0.15, -0.1) is 0 Å². The minimum atomic E-state index is -0.192. The minimum Gasteiger partial charge on any atom is -0.468 e. The molecule has 1 nitrogen and oxygen atoms in total. The second-order valence-electron chi connectivity index (χ2n) is 5.08. The molecule has 1 aromatic carbocycles. The summed E-state index contributed by atoms with van der Waals surface area (Å²) in [5.41, 5.74) is 3.53. The van der Waals surface area contributed by atoms with Crippen LogP contribution in [0.25, 0.3) is 11.1 Å². The average Bonchev–Trinajstić information content (AvgIpc) is 2.82. The molecule has 1 aliphatic carbocycles. The van der Waals surface area contributed by atoms with Crippen LogP contribution < -0.4 is 0 Å². The van der Waals surface area contributed by atoms with Crippen LogP contribution in [0.15, 0.2) is 34.9 Å². The number of furan rings is 1. The van der Waals surface area contributed by atoms with Gasteiger partial charge in [-0.25, -0.2) is 4.39 Å². The molecule has 0 radical (unpaired) electrons. The SMILES string of the molecule is CCC1CCc2occ(-c3ccc(F)cc3)c2C1. The van der Waals surface area contributed by atoms with Crippen LogP contribution in [0.1, 0.15) is 31.1 Å². The van der Waals surface area contributed by atoms with Gasteiger partial charge in [-0.2, -0.15) is 0 Å². The molecule has 0 spiro atoms. The third-order valence-corrected chi connectivity index (χ3v) is 3.99. The fourth-order valence-corrected chi connectivity index (χ4v) is 2.80. The van der Waals surface area contributed by atoms with Crippen molar-refractivity contribution >= 4 is 0 Å². The van der Waals surface area contributed by atoms with Crippen molar-refractivity contribution in [1.82, 2.24) is 0 Å². The summed E-state index contributed by atoms with van der Waals surface area (Å²) in [5, 5.41) is 0. The summed E-state index contributed by atoms with van der Waals surface area (Å²) in [5.74, 6) is 1.69. The molecule has 2 aromatic rings. The van der Waals surface area contributed by atoms with Gasteiger partial charge in [-0.1, -0.05) is 25.5 Å². The van der Waals surface area contributed by atoms with E-state index in [1.807, 2.05) is 18.4 Å². The van der Waals surface area contributed by atoms with E-state index >= 15 is 0 Å². The summed E-state index contributed by atoms with van der Waals surface area (Å²) in [4.78, 5) is 0.